The van der Waals surface area contributed by atoms with Crippen LogP contribution in [-0.2, 0) is 10.0 Å². The van der Waals surface area contributed by atoms with E-state index in [1.807, 2.05) is 13.8 Å². The van der Waals surface area contributed by atoms with Crippen LogP contribution in [0.15, 0.2) is 23.1 Å². The molecule has 1 aliphatic rings. The van der Waals surface area contributed by atoms with Gasteiger partial charge < -0.3 is 14.8 Å². The largest absolute Gasteiger partial charge is 0.490 e. The van der Waals surface area contributed by atoms with E-state index in [9.17, 15) is 8.42 Å². The Labute approximate surface area is 126 Å². The fraction of sp³-hybridized carbons (Fsp3) is 0.571. The highest BCUT2D eigenvalue weighted by Crippen LogP contribution is 2.31. The Bertz CT molecular complexity index is 568. The fourth-order valence-corrected chi connectivity index (χ4v) is 3.79. The van der Waals surface area contributed by atoms with Gasteiger partial charge in [0.1, 0.15) is 0 Å². The summed E-state index contributed by atoms with van der Waals surface area (Å²) >= 11 is 0. The van der Waals surface area contributed by atoms with Crippen molar-refractivity contribution in [3.05, 3.63) is 18.2 Å². The summed E-state index contributed by atoms with van der Waals surface area (Å²) < 4.78 is 37.7. The van der Waals surface area contributed by atoms with Crippen LogP contribution in [0.2, 0.25) is 0 Å². The molecule has 6 nitrogen and oxygen atoms in total. The molecule has 0 bridgehead atoms. The average molecular weight is 315 g/mol. The summed E-state index contributed by atoms with van der Waals surface area (Å²) in [6.45, 7) is 7.39. The molecule has 0 aliphatic carbocycles. The highest BCUT2D eigenvalue weighted by atomic mass is 32.2. The summed E-state index contributed by atoms with van der Waals surface area (Å²) in [7, 11) is -3.46. The van der Waals surface area contributed by atoms with Crippen molar-refractivity contribution in [1.29, 1.82) is 0 Å². The van der Waals surface area contributed by atoms with Crippen molar-refractivity contribution in [3.63, 3.8) is 0 Å². The first kappa shape index (κ1) is 16.1. The van der Waals surface area contributed by atoms with Crippen molar-refractivity contribution < 1.29 is 23.2 Å². The molecule has 1 fully saturated rings. The summed E-state index contributed by atoms with van der Waals surface area (Å²) in [4.78, 5) is 0.260. The first-order valence-electron chi connectivity index (χ1n) is 7.31. The number of nitrogens with two attached hydrogens (primary N) is 1. The third kappa shape index (κ3) is 3.66. The van der Waals surface area contributed by atoms with Crippen molar-refractivity contribution in [2.24, 2.45) is 0 Å². The molecular formula is C14H23N2O4S+. The zero-order chi connectivity index (χ0) is 15.3. The molecule has 118 valence electrons. The molecular weight excluding hydrogens is 292 g/mol. The molecule has 0 aromatic heterocycles. The standard InChI is InChI=1S/C14H22N2O4S/c1-3-19-13-6-5-12(11-14(13)20-4-2)21(17,18)16-9-7-15-8-10-16/h5-6,11,15H,3-4,7-10H2,1-2H3/p+1. The minimum Gasteiger partial charge on any atom is -0.490 e. The lowest BCUT2D eigenvalue weighted by molar-refractivity contribution is -0.661. The minimum atomic E-state index is -3.46. The van der Waals surface area contributed by atoms with Crippen LogP contribution in [0.4, 0.5) is 0 Å². The van der Waals surface area contributed by atoms with Crippen LogP contribution in [0.1, 0.15) is 13.8 Å². The predicted molar refractivity (Wildman–Crippen MR) is 79.2 cm³/mol. The maximum atomic E-state index is 12.6. The molecule has 0 unspecified atom stereocenters. The van der Waals surface area contributed by atoms with Gasteiger partial charge in [0.25, 0.3) is 0 Å². The van der Waals surface area contributed by atoms with Gasteiger partial charge in [0.05, 0.1) is 44.3 Å². The minimum absolute atomic E-state index is 0.260. The number of hydrogen-bond acceptors (Lipinski definition) is 4. The second-order valence-corrected chi connectivity index (χ2v) is 6.68. The van der Waals surface area contributed by atoms with Crippen LogP contribution < -0.4 is 14.8 Å². The Hall–Kier alpha value is -1.31. The third-order valence-electron chi connectivity index (χ3n) is 3.32. The van der Waals surface area contributed by atoms with Gasteiger partial charge >= 0.3 is 0 Å². The van der Waals surface area contributed by atoms with E-state index in [2.05, 4.69) is 5.32 Å². The van der Waals surface area contributed by atoms with Crippen LogP contribution in [0, 0.1) is 0 Å². The quantitative estimate of drug-likeness (QED) is 0.805. The molecule has 0 saturated carbocycles. The molecule has 2 rings (SSSR count). The van der Waals surface area contributed by atoms with E-state index in [0.29, 0.717) is 37.8 Å². The maximum Gasteiger partial charge on any atom is 0.243 e. The second kappa shape index (κ2) is 7.11. The molecule has 1 saturated heterocycles. The predicted octanol–water partition coefficient (Wildman–Crippen LogP) is 0.0517. The lowest BCUT2D eigenvalue weighted by Gasteiger charge is -2.25. The van der Waals surface area contributed by atoms with Crippen molar-refractivity contribution in [2.75, 3.05) is 39.4 Å². The van der Waals surface area contributed by atoms with Crippen molar-refractivity contribution in [3.8, 4) is 11.5 Å². The summed E-state index contributed by atoms with van der Waals surface area (Å²) in [6.07, 6.45) is 0. The Morgan fingerprint density at radius 3 is 2.33 bits per heavy atom. The van der Waals surface area contributed by atoms with Crippen molar-refractivity contribution in [1.82, 2.24) is 4.31 Å². The zero-order valence-corrected chi connectivity index (χ0v) is 13.4. The molecule has 0 atom stereocenters. The zero-order valence-electron chi connectivity index (χ0n) is 12.5. The number of nitrogens with zero attached hydrogens (tertiary/aromatic N) is 1. The summed E-state index contributed by atoms with van der Waals surface area (Å²) in [5.74, 6) is 1.05. The van der Waals surface area contributed by atoms with Gasteiger partial charge in [0, 0.05) is 6.07 Å². The van der Waals surface area contributed by atoms with Crippen LogP contribution in [-0.4, -0.2) is 52.1 Å². The topological polar surface area (TPSA) is 72.5 Å². The normalized spacial score (nSPS) is 16.7. The third-order valence-corrected chi connectivity index (χ3v) is 5.21. The molecule has 0 radical (unpaired) electrons. The van der Waals surface area contributed by atoms with Crippen LogP contribution >= 0.6 is 0 Å². The van der Waals surface area contributed by atoms with E-state index in [4.69, 9.17) is 9.47 Å². The van der Waals surface area contributed by atoms with Crippen LogP contribution in [0.5, 0.6) is 11.5 Å². The number of benzene rings is 1. The molecule has 1 heterocycles. The number of quaternary nitrogens is 1. The Morgan fingerprint density at radius 2 is 1.71 bits per heavy atom. The second-order valence-electron chi connectivity index (χ2n) is 4.74. The van der Waals surface area contributed by atoms with Crippen LogP contribution in [0.3, 0.4) is 0 Å². The molecule has 1 aromatic carbocycles. The van der Waals surface area contributed by atoms with Gasteiger partial charge in [-0.25, -0.2) is 8.42 Å². The summed E-state index contributed by atoms with van der Waals surface area (Å²) in [5.41, 5.74) is 0. The molecule has 1 aliphatic heterocycles. The van der Waals surface area contributed by atoms with Gasteiger partial charge in [-0.2, -0.15) is 4.31 Å². The van der Waals surface area contributed by atoms with Gasteiger partial charge in [-0.15, -0.1) is 0 Å². The van der Waals surface area contributed by atoms with Gasteiger partial charge in [-0.3, -0.25) is 0 Å². The van der Waals surface area contributed by atoms with Gasteiger partial charge in [-0.1, -0.05) is 0 Å². The Morgan fingerprint density at radius 1 is 1.10 bits per heavy atom. The van der Waals surface area contributed by atoms with E-state index in [-0.39, 0.29) is 4.90 Å². The number of ether oxygens (including phenoxy) is 2. The smallest absolute Gasteiger partial charge is 0.243 e. The number of sulfonamides is 1. The van der Waals surface area contributed by atoms with Crippen molar-refractivity contribution >= 4 is 10.0 Å². The molecule has 21 heavy (non-hydrogen) atoms. The first-order valence-corrected chi connectivity index (χ1v) is 8.75. The van der Waals surface area contributed by atoms with Gasteiger partial charge in [0.2, 0.25) is 10.0 Å². The van der Waals surface area contributed by atoms with E-state index < -0.39 is 10.0 Å². The summed E-state index contributed by atoms with van der Waals surface area (Å²) in [5, 5.41) is 2.12. The molecule has 2 N–H and O–H groups in total. The van der Waals surface area contributed by atoms with E-state index >= 15 is 0 Å². The molecule has 1 aromatic rings. The average Bonchev–Trinajstić information content (AvgIpc) is 2.50. The van der Waals surface area contributed by atoms with Gasteiger partial charge in [-0.05, 0) is 26.0 Å². The van der Waals surface area contributed by atoms with E-state index in [1.165, 1.54) is 4.31 Å². The van der Waals surface area contributed by atoms with E-state index in [0.717, 1.165) is 13.1 Å². The monoisotopic (exact) mass is 315 g/mol. The maximum absolute atomic E-state index is 12.6. The fourth-order valence-electron chi connectivity index (χ4n) is 2.31. The number of piperazine rings is 1. The molecule has 7 heteroatoms. The van der Waals surface area contributed by atoms with Gasteiger partial charge in [0.15, 0.2) is 11.5 Å². The summed E-state index contributed by atoms with van der Waals surface area (Å²) in [6, 6.07) is 4.81. The Kier molecular flexibility index (Phi) is 5.44. The van der Waals surface area contributed by atoms with Crippen molar-refractivity contribution in [2.45, 2.75) is 18.7 Å². The van der Waals surface area contributed by atoms with Crippen LogP contribution in [0.25, 0.3) is 0 Å². The molecule has 0 amide bonds. The SMILES string of the molecule is CCOc1ccc(S(=O)(=O)N2CC[NH2+]CC2)cc1OCC. The lowest BCUT2D eigenvalue weighted by Crippen LogP contribution is -2.89. The highest BCUT2D eigenvalue weighted by molar-refractivity contribution is 7.89. The Balaban J connectivity index is 2.32. The van der Waals surface area contributed by atoms with E-state index in [1.54, 1.807) is 18.2 Å². The number of hydrogen-bond donors (Lipinski definition) is 1. The molecule has 0 spiro atoms. The lowest BCUT2D eigenvalue weighted by atomic mass is 10.3. The number of rotatable bonds is 6. The highest BCUT2D eigenvalue weighted by Gasteiger charge is 2.28. The first-order chi connectivity index (χ1) is 10.1.